The number of methoxy groups -OCH3 is 1. The number of nitrogens with one attached hydrogen (secondary N) is 2. The Kier molecular flexibility index (Phi) is 5.36. The average Bonchev–Trinajstić information content (AvgIpc) is 2.48. The molecule has 1 amide bonds. The second kappa shape index (κ2) is 7.26. The number of amides is 1. The predicted molar refractivity (Wildman–Crippen MR) is 75.5 cm³/mol. The standard InChI is InChI=1S/C15H22N2O2/c1-19-10-9-17-15(18)13-6-4-12(5-7-13)14-3-2-8-16-11-14/h4-7,14,16H,2-3,8-11H2,1H3,(H,17,18). The molecule has 19 heavy (non-hydrogen) atoms. The van der Waals surface area contributed by atoms with Crippen LogP contribution >= 0.6 is 0 Å². The summed E-state index contributed by atoms with van der Waals surface area (Å²) in [6, 6.07) is 7.96. The van der Waals surface area contributed by atoms with Gasteiger partial charge < -0.3 is 15.4 Å². The molecule has 1 unspecified atom stereocenters. The van der Waals surface area contributed by atoms with Gasteiger partial charge >= 0.3 is 0 Å². The molecular formula is C15H22N2O2. The Hall–Kier alpha value is -1.39. The van der Waals surface area contributed by atoms with Crippen molar-refractivity contribution in [1.82, 2.24) is 10.6 Å². The first-order chi connectivity index (χ1) is 9.31. The van der Waals surface area contributed by atoms with Gasteiger partial charge in [-0.25, -0.2) is 0 Å². The van der Waals surface area contributed by atoms with Crippen molar-refractivity contribution in [3.05, 3.63) is 35.4 Å². The number of hydrogen-bond acceptors (Lipinski definition) is 3. The van der Waals surface area contributed by atoms with Gasteiger partial charge in [-0.15, -0.1) is 0 Å². The summed E-state index contributed by atoms with van der Waals surface area (Å²) in [6.07, 6.45) is 2.45. The summed E-state index contributed by atoms with van der Waals surface area (Å²) in [5.74, 6) is 0.546. The zero-order chi connectivity index (χ0) is 13.5. The zero-order valence-electron chi connectivity index (χ0n) is 11.4. The van der Waals surface area contributed by atoms with Gasteiger partial charge in [-0.05, 0) is 43.0 Å². The van der Waals surface area contributed by atoms with Gasteiger partial charge in [0.2, 0.25) is 0 Å². The smallest absolute Gasteiger partial charge is 0.251 e. The summed E-state index contributed by atoms with van der Waals surface area (Å²) in [5, 5.41) is 6.23. The van der Waals surface area contributed by atoms with Gasteiger partial charge in [0.25, 0.3) is 5.91 Å². The molecule has 1 aliphatic rings. The second-order valence-corrected chi connectivity index (χ2v) is 4.91. The average molecular weight is 262 g/mol. The van der Waals surface area contributed by atoms with E-state index in [4.69, 9.17) is 4.74 Å². The SMILES string of the molecule is COCCNC(=O)c1ccc(C2CCCNC2)cc1. The van der Waals surface area contributed by atoms with Crippen LogP contribution in [0.25, 0.3) is 0 Å². The van der Waals surface area contributed by atoms with E-state index in [0.717, 1.165) is 13.1 Å². The van der Waals surface area contributed by atoms with Crippen molar-refractivity contribution in [2.24, 2.45) is 0 Å². The van der Waals surface area contributed by atoms with Crippen LogP contribution in [0.5, 0.6) is 0 Å². The van der Waals surface area contributed by atoms with Gasteiger partial charge in [0.15, 0.2) is 0 Å². The third-order valence-electron chi connectivity index (χ3n) is 3.53. The number of carbonyl (C=O) groups is 1. The zero-order valence-corrected chi connectivity index (χ0v) is 11.4. The van der Waals surface area contributed by atoms with Gasteiger partial charge in [-0.3, -0.25) is 4.79 Å². The van der Waals surface area contributed by atoms with Crippen LogP contribution < -0.4 is 10.6 Å². The van der Waals surface area contributed by atoms with E-state index in [1.165, 1.54) is 18.4 Å². The van der Waals surface area contributed by atoms with Crippen LogP contribution in [-0.4, -0.2) is 39.3 Å². The van der Waals surface area contributed by atoms with Gasteiger partial charge in [0.05, 0.1) is 6.61 Å². The molecule has 1 saturated heterocycles. The first-order valence-corrected chi connectivity index (χ1v) is 6.89. The second-order valence-electron chi connectivity index (χ2n) is 4.91. The lowest BCUT2D eigenvalue weighted by molar-refractivity contribution is 0.0937. The van der Waals surface area contributed by atoms with Crippen LogP contribution in [0.1, 0.15) is 34.7 Å². The number of piperidine rings is 1. The van der Waals surface area contributed by atoms with Crippen molar-refractivity contribution < 1.29 is 9.53 Å². The van der Waals surface area contributed by atoms with Gasteiger partial charge in [-0.2, -0.15) is 0 Å². The van der Waals surface area contributed by atoms with Crippen molar-refractivity contribution >= 4 is 5.91 Å². The van der Waals surface area contributed by atoms with Gasteiger partial charge in [0, 0.05) is 25.8 Å². The Balaban J connectivity index is 1.91. The van der Waals surface area contributed by atoms with E-state index in [1.54, 1.807) is 7.11 Å². The molecule has 0 aromatic heterocycles. The molecule has 2 N–H and O–H groups in total. The molecule has 4 heteroatoms. The number of hydrogen-bond donors (Lipinski definition) is 2. The van der Waals surface area contributed by atoms with Crippen LogP contribution in [0.3, 0.4) is 0 Å². The summed E-state index contributed by atoms with van der Waals surface area (Å²) in [5.41, 5.74) is 2.03. The molecule has 1 aromatic carbocycles. The molecule has 0 radical (unpaired) electrons. The molecule has 104 valence electrons. The van der Waals surface area contributed by atoms with Crippen molar-refractivity contribution in [2.75, 3.05) is 33.4 Å². The normalized spacial score (nSPS) is 19.1. The van der Waals surface area contributed by atoms with Crippen LogP contribution in [0.2, 0.25) is 0 Å². The molecule has 1 fully saturated rings. The summed E-state index contributed by atoms with van der Waals surface area (Å²) < 4.78 is 4.90. The van der Waals surface area contributed by atoms with E-state index in [1.807, 2.05) is 12.1 Å². The summed E-state index contributed by atoms with van der Waals surface area (Å²) >= 11 is 0. The Morgan fingerprint density at radius 3 is 2.84 bits per heavy atom. The van der Waals surface area contributed by atoms with Crippen LogP contribution in [0.15, 0.2) is 24.3 Å². The Morgan fingerprint density at radius 2 is 2.21 bits per heavy atom. The van der Waals surface area contributed by atoms with E-state index in [0.29, 0.717) is 24.6 Å². The van der Waals surface area contributed by atoms with E-state index < -0.39 is 0 Å². The van der Waals surface area contributed by atoms with Crippen molar-refractivity contribution in [1.29, 1.82) is 0 Å². The minimum Gasteiger partial charge on any atom is -0.383 e. The molecule has 0 aliphatic carbocycles. The lowest BCUT2D eigenvalue weighted by Gasteiger charge is -2.23. The quantitative estimate of drug-likeness (QED) is 0.791. The third kappa shape index (κ3) is 4.04. The maximum absolute atomic E-state index is 11.8. The molecule has 1 aliphatic heterocycles. The Labute approximate surface area is 114 Å². The first kappa shape index (κ1) is 14.0. The molecule has 2 rings (SSSR count). The van der Waals surface area contributed by atoms with Crippen LogP contribution in [0, 0.1) is 0 Å². The molecule has 4 nitrogen and oxygen atoms in total. The number of rotatable bonds is 5. The summed E-state index contributed by atoms with van der Waals surface area (Å²) in [6.45, 7) is 3.25. The first-order valence-electron chi connectivity index (χ1n) is 6.89. The van der Waals surface area contributed by atoms with E-state index in [2.05, 4.69) is 22.8 Å². The maximum Gasteiger partial charge on any atom is 0.251 e. The molecule has 1 heterocycles. The van der Waals surface area contributed by atoms with Crippen molar-refractivity contribution in [2.45, 2.75) is 18.8 Å². The maximum atomic E-state index is 11.8. The summed E-state index contributed by atoms with van der Waals surface area (Å²) in [7, 11) is 1.62. The largest absolute Gasteiger partial charge is 0.383 e. The molecule has 0 saturated carbocycles. The highest BCUT2D eigenvalue weighted by Gasteiger charge is 2.15. The molecule has 0 spiro atoms. The molecule has 1 atom stereocenters. The molecule has 1 aromatic rings. The van der Waals surface area contributed by atoms with E-state index >= 15 is 0 Å². The lowest BCUT2D eigenvalue weighted by atomic mass is 9.91. The lowest BCUT2D eigenvalue weighted by Crippen LogP contribution is -2.28. The van der Waals surface area contributed by atoms with Crippen LogP contribution in [0.4, 0.5) is 0 Å². The molecule has 0 bridgehead atoms. The number of carbonyl (C=O) groups excluding carboxylic acids is 1. The van der Waals surface area contributed by atoms with Crippen molar-refractivity contribution in [3.63, 3.8) is 0 Å². The number of ether oxygens (including phenoxy) is 1. The highest BCUT2D eigenvalue weighted by Crippen LogP contribution is 2.23. The van der Waals surface area contributed by atoms with E-state index in [-0.39, 0.29) is 5.91 Å². The minimum atomic E-state index is -0.0367. The highest BCUT2D eigenvalue weighted by atomic mass is 16.5. The van der Waals surface area contributed by atoms with Gasteiger partial charge in [0.1, 0.15) is 0 Å². The fourth-order valence-electron chi connectivity index (χ4n) is 2.41. The fourth-order valence-corrected chi connectivity index (χ4v) is 2.41. The predicted octanol–water partition coefficient (Wildman–Crippen LogP) is 1.53. The van der Waals surface area contributed by atoms with E-state index in [9.17, 15) is 4.79 Å². The van der Waals surface area contributed by atoms with Gasteiger partial charge in [-0.1, -0.05) is 12.1 Å². The minimum absolute atomic E-state index is 0.0367. The summed E-state index contributed by atoms with van der Waals surface area (Å²) in [4.78, 5) is 11.8. The monoisotopic (exact) mass is 262 g/mol. The third-order valence-corrected chi connectivity index (χ3v) is 3.53. The van der Waals surface area contributed by atoms with Crippen molar-refractivity contribution in [3.8, 4) is 0 Å². The molecular weight excluding hydrogens is 240 g/mol. The highest BCUT2D eigenvalue weighted by molar-refractivity contribution is 5.94. The Morgan fingerprint density at radius 1 is 1.42 bits per heavy atom. The number of benzene rings is 1. The topological polar surface area (TPSA) is 50.4 Å². The fraction of sp³-hybridized carbons (Fsp3) is 0.533. The Bertz CT molecular complexity index is 397. The van der Waals surface area contributed by atoms with Crippen LogP contribution in [-0.2, 0) is 4.74 Å².